The first-order chi connectivity index (χ1) is 13.3. The van der Waals surface area contributed by atoms with E-state index in [1.54, 1.807) is 0 Å². The van der Waals surface area contributed by atoms with Crippen LogP contribution in [0.5, 0.6) is 0 Å². The summed E-state index contributed by atoms with van der Waals surface area (Å²) < 4.78 is 11.0. The van der Waals surface area contributed by atoms with Crippen LogP contribution in [0.2, 0.25) is 0 Å². The lowest BCUT2D eigenvalue weighted by atomic mass is 10.0. The average molecular weight is 366 g/mol. The van der Waals surface area contributed by atoms with Crippen molar-refractivity contribution in [2.75, 3.05) is 44.4 Å². The summed E-state index contributed by atoms with van der Waals surface area (Å²) in [5.74, 6) is -0.0442. The maximum absolute atomic E-state index is 12.5. The molecule has 2 aliphatic heterocycles. The number of carbonyl (C=O) groups is 1. The van der Waals surface area contributed by atoms with E-state index < -0.39 is 0 Å². The minimum absolute atomic E-state index is 0.0442. The van der Waals surface area contributed by atoms with Crippen molar-refractivity contribution in [3.63, 3.8) is 0 Å². The van der Waals surface area contributed by atoms with Gasteiger partial charge in [-0.15, -0.1) is 0 Å². The number of amides is 1. The highest BCUT2D eigenvalue weighted by Crippen LogP contribution is 2.24. The van der Waals surface area contributed by atoms with Gasteiger partial charge in [0.25, 0.3) is 5.91 Å². The minimum Gasteiger partial charge on any atom is -0.378 e. The van der Waals surface area contributed by atoms with Gasteiger partial charge in [-0.3, -0.25) is 4.79 Å². The standard InChI is InChI=1S/C22H26N2O3/c25-22(23-16-21-5-2-12-27-21)19-4-1-3-18(15-19)17-6-8-20(9-7-17)24-10-13-26-14-11-24/h1,3-4,6-9,15,21H,2,5,10-14,16H2,(H,23,25)/t21-/m0/s1. The zero-order valence-corrected chi connectivity index (χ0v) is 15.5. The van der Waals surface area contributed by atoms with Crippen LogP contribution in [0, 0.1) is 0 Å². The lowest BCUT2D eigenvalue weighted by Crippen LogP contribution is -2.36. The quantitative estimate of drug-likeness (QED) is 0.883. The smallest absolute Gasteiger partial charge is 0.251 e. The molecule has 2 aliphatic rings. The molecule has 2 saturated heterocycles. The third-order valence-corrected chi connectivity index (χ3v) is 5.22. The van der Waals surface area contributed by atoms with E-state index in [0.717, 1.165) is 56.9 Å². The van der Waals surface area contributed by atoms with E-state index in [4.69, 9.17) is 9.47 Å². The van der Waals surface area contributed by atoms with Crippen molar-refractivity contribution in [1.82, 2.24) is 5.32 Å². The number of hydrogen-bond donors (Lipinski definition) is 1. The highest BCUT2D eigenvalue weighted by Gasteiger charge is 2.17. The molecule has 2 fully saturated rings. The van der Waals surface area contributed by atoms with Crippen LogP contribution in [0.25, 0.3) is 11.1 Å². The number of morpholine rings is 1. The fourth-order valence-electron chi connectivity index (χ4n) is 3.64. The van der Waals surface area contributed by atoms with E-state index in [9.17, 15) is 4.79 Å². The summed E-state index contributed by atoms with van der Waals surface area (Å²) in [5.41, 5.74) is 4.06. The van der Waals surface area contributed by atoms with Gasteiger partial charge in [-0.05, 0) is 48.2 Å². The van der Waals surface area contributed by atoms with Crippen LogP contribution >= 0.6 is 0 Å². The van der Waals surface area contributed by atoms with E-state index in [-0.39, 0.29) is 12.0 Å². The molecule has 27 heavy (non-hydrogen) atoms. The SMILES string of the molecule is O=C(NC[C@@H]1CCCO1)c1cccc(-c2ccc(N3CCOCC3)cc2)c1. The molecule has 5 nitrogen and oxygen atoms in total. The zero-order valence-electron chi connectivity index (χ0n) is 15.5. The van der Waals surface area contributed by atoms with Crippen molar-refractivity contribution >= 4 is 11.6 Å². The number of benzene rings is 2. The second-order valence-corrected chi connectivity index (χ2v) is 7.07. The summed E-state index contributed by atoms with van der Waals surface area (Å²) in [6.07, 6.45) is 2.26. The number of anilines is 1. The summed E-state index contributed by atoms with van der Waals surface area (Å²) in [7, 11) is 0. The fraction of sp³-hybridized carbons (Fsp3) is 0.409. The van der Waals surface area contributed by atoms with Gasteiger partial charge in [0.1, 0.15) is 0 Å². The molecule has 0 aromatic heterocycles. The molecule has 1 atom stereocenters. The maximum Gasteiger partial charge on any atom is 0.251 e. The molecule has 0 radical (unpaired) electrons. The van der Waals surface area contributed by atoms with Crippen molar-refractivity contribution in [1.29, 1.82) is 0 Å². The van der Waals surface area contributed by atoms with Gasteiger partial charge in [-0.25, -0.2) is 0 Å². The highest BCUT2D eigenvalue weighted by atomic mass is 16.5. The van der Waals surface area contributed by atoms with E-state index in [0.29, 0.717) is 12.1 Å². The van der Waals surface area contributed by atoms with Gasteiger partial charge in [0.15, 0.2) is 0 Å². The molecular weight excluding hydrogens is 340 g/mol. The topological polar surface area (TPSA) is 50.8 Å². The highest BCUT2D eigenvalue weighted by molar-refractivity contribution is 5.95. The van der Waals surface area contributed by atoms with Crippen molar-refractivity contribution in [2.24, 2.45) is 0 Å². The zero-order chi connectivity index (χ0) is 18.5. The molecule has 4 rings (SSSR count). The monoisotopic (exact) mass is 366 g/mol. The molecule has 2 aromatic carbocycles. The number of nitrogens with one attached hydrogen (secondary N) is 1. The van der Waals surface area contributed by atoms with Gasteiger partial charge in [-0.2, -0.15) is 0 Å². The number of carbonyl (C=O) groups excluding carboxylic acids is 1. The Balaban J connectivity index is 1.42. The van der Waals surface area contributed by atoms with Crippen LogP contribution in [0.3, 0.4) is 0 Å². The lowest BCUT2D eigenvalue weighted by molar-refractivity contribution is 0.0858. The first kappa shape index (κ1) is 18.0. The predicted molar refractivity (Wildman–Crippen MR) is 106 cm³/mol. The summed E-state index contributed by atoms with van der Waals surface area (Å²) in [4.78, 5) is 14.8. The van der Waals surface area contributed by atoms with E-state index in [1.807, 2.05) is 24.3 Å². The van der Waals surface area contributed by atoms with E-state index >= 15 is 0 Å². The van der Waals surface area contributed by atoms with Crippen molar-refractivity contribution in [2.45, 2.75) is 18.9 Å². The van der Waals surface area contributed by atoms with Crippen LogP contribution in [0.15, 0.2) is 48.5 Å². The number of rotatable bonds is 5. The molecule has 0 bridgehead atoms. The Hall–Kier alpha value is -2.37. The molecule has 2 aromatic rings. The van der Waals surface area contributed by atoms with Crippen molar-refractivity contribution in [3.8, 4) is 11.1 Å². The van der Waals surface area contributed by atoms with Gasteiger partial charge in [0.2, 0.25) is 0 Å². The molecule has 0 aliphatic carbocycles. The summed E-state index contributed by atoms with van der Waals surface area (Å²) in [6.45, 7) is 4.81. The first-order valence-electron chi connectivity index (χ1n) is 9.72. The molecule has 1 amide bonds. The van der Waals surface area contributed by atoms with Gasteiger partial charge in [-0.1, -0.05) is 24.3 Å². The summed E-state index contributed by atoms with van der Waals surface area (Å²) in [6, 6.07) is 16.3. The summed E-state index contributed by atoms with van der Waals surface area (Å²) >= 11 is 0. The number of ether oxygens (including phenoxy) is 2. The molecule has 0 unspecified atom stereocenters. The minimum atomic E-state index is -0.0442. The molecule has 142 valence electrons. The lowest BCUT2D eigenvalue weighted by Gasteiger charge is -2.28. The maximum atomic E-state index is 12.5. The van der Waals surface area contributed by atoms with E-state index in [2.05, 4.69) is 34.5 Å². The van der Waals surface area contributed by atoms with Gasteiger partial charge >= 0.3 is 0 Å². The van der Waals surface area contributed by atoms with Crippen molar-refractivity contribution < 1.29 is 14.3 Å². The Kier molecular flexibility index (Phi) is 5.70. The Morgan fingerprint density at radius 1 is 1.04 bits per heavy atom. The largest absolute Gasteiger partial charge is 0.378 e. The average Bonchev–Trinajstić information content (AvgIpc) is 3.27. The number of nitrogens with zero attached hydrogens (tertiary/aromatic N) is 1. The fourth-order valence-corrected chi connectivity index (χ4v) is 3.64. The van der Waals surface area contributed by atoms with Gasteiger partial charge in [0.05, 0.1) is 19.3 Å². The van der Waals surface area contributed by atoms with Crippen LogP contribution in [-0.2, 0) is 9.47 Å². The number of hydrogen-bond acceptors (Lipinski definition) is 4. The molecule has 5 heteroatoms. The second kappa shape index (κ2) is 8.55. The normalized spacial score (nSPS) is 19.9. The third-order valence-electron chi connectivity index (χ3n) is 5.22. The summed E-state index contributed by atoms with van der Waals surface area (Å²) in [5, 5.41) is 2.99. The van der Waals surface area contributed by atoms with Crippen LogP contribution in [-0.4, -0.2) is 51.5 Å². The molecule has 0 saturated carbocycles. The Bertz CT molecular complexity index is 763. The van der Waals surface area contributed by atoms with Crippen LogP contribution < -0.4 is 10.2 Å². The molecule has 2 heterocycles. The van der Waals surface area contributed by atoms with Gasteiger partial charge < -0.3 is 19.7 Å². The van der Waals surface area contributed by atoms with Crippen LogP contribution in [0.1, 0.15) is 23.2 Å². The third kappa shape index (κ3) is 4.49. The first-order valence-corrected chi connectivity index (χ1v) is 9.72. The second-order valence-electron chi connectivity index (χ2n) is 7.07. The predicted octanol–water partition coefficient (Wildman–Crippen LogP) is 3.10. The van der Waals surface area contributed by atoms with Crippen molar-refractivity contribution in [3.05, 3.63) is 54.1 Å². The van der Waals surface area contributed by atoms with E-state index in [1.165, 1.54) is 5.69 Å². The Morgan fingerprint density at radius 3 is 2.59 bits per heavy atom. The van der Waals surface area contributed by atoms with Crippen LogP contribution in [0.4, 0.5) is 5.69 Å². The Labute approximate surface area is 160 Å². The molecular formula is C22H26N2O3. The molecule has 0 spiro atoms. The molecule has 1 N–H and O–H groups in total. The van der Waals surface area contributed by atoms with Gasteiger partial charge in [0, 0.05) is 37.5 Å². The Morgan fingerprint density at radius 2 is 1.85 bits per heavy atom.